The summed E-state index contributed by atoms with van der Waals surface area (Å²) in [4.78, 5) is -0.165. The van der Waals surface area contributed by atoms with E-state index < -0.39 is 28.9 Å². The number of sulfonamides is 1. The summed E-state index contributed by atoms with van der Waals surface area (Å²) in [7, 11) is -4.08. The molecule has 6 nitrogen and oxygen atoms in total. The van der Waals surface area contributed by atoms with Gasteiger partial charge in [-0.2, -0.15) is 14.8 Å². The van der Waals surface area contributed by atoms with E-state index in [1.807, 2.05) is 0 Å². The van der Waals surface area contributed by atoms with Gasteiger partial charge in [-0.25, -0.2) is 12.8 Å². The second-order valence-electron chi connectivity index (χ2n) is 4.13. The van der Waals surface area contributed by atoms with Crippen LogP contribution in [0.15, 0.2) is 11.0 Å². The third-order valence-electron chi connectivity index (χ3n) is 2.80. The van der Waals surface area contributed by atoms with Gasteiger partial charge in [-0.05, 0) is 31.0 Å². The van der Waals surface area contributed by atoms with Crippen LogP contribution in [0.5, 0.6) is 0 Å². The highest BCUT2D eigenvalue weighted by atomic mass is 32.2. The maximum atomic E-state index is 13.5. The topological polar surface area (TPSA) is 111 Å². The van der Waals surface area contributed by atoms with Crippen molar-refractivity contribution < 1.29 is 12.8 Å². The van der Waals surface area contributed by atoms with Crippen LogP contribution in [-0.2, 0) is 10.0 Å². The van der Waals surface area contributed by atoms with Gasteiger partial charge in [0.1, 0.15) is 18.9 Å². The molecule has 2 N–H and O–H groups in total. The summed E-state index contributed by atoms with van der Waals surface area (Å²) >= 11 is 0. The Balaban J connectivity index is 3.55. The lowest BCUT2D eigenvalue weighted by Gasteiger charge is -2.20. The Labute approximate surface area is 116 Å². The van der Waals surface area contributed by atoms with Crippen LogP contribution in [0.25, 0.3) is 0 Å². The van der Waals surface area contributed by atoms with E-state index in [-0.39, 0.29) is 21.7 Å². The number of hydrogen-bond acceptors (Lipinski definition) is 5. The van der Waals surface area contributed by atoms with Crippen molar-refractivity contribution in [2.75, 3.05) is 18.8 Å². The second kappa shape index (κ2) is 5.87. The number of benzene rings is 1. The molecule has 0 saturated heterocycles. The summed E-state index contributed by atoms with van der Waals surface area (Å²) in [6.07, 6.45) is 0. The van der Waals surface area contributed by atoms with Gasteiger partial charge in [0.25, 0.3) is 0 Å². The van der Waals surface area contributed by atoms with Crippen molar-refractivity contribution >= 4 is 15.7 Å². The lowest BCUT2D eigenvalue weighted by Crippen LogP contribution is -2.33. The van der Waals surface area contributed by atoms with Gasteiger partial charge in [-0.1, -0.05) is 0 Å². The molecular formula is C12H13FN4O2S. The van der Waals surface area contributed by atoms with Crippen molar-refractivity contribution in [3.05, 3.63) is 23.0 Å². The Bertz CT molecular complexity index is 700. The number of rotatable bonds is 4. The van der Waals surface area contributed by atoms with Crippen molar-refractivity contribution in [1.29, 1.82) is 10.5 Å². The van der Waals surface area contributed by atoms with Crippen molar-refractivity contribution in [2.45, 2.75) is 18.7 Å². The van der Waals surface area contributed by atoms with Gasteiger partial charge in [0.15, 0.2) is 0 Å². The minimum Gasteiger partial charge on any atom is -0.396 e. The van der Waals surface area contributed by atoms with E-state index >= 15 is 0 Å². The van der Waals surface area contributed by atoms with Crippen LogP contribution in [0.1, 0.15) is 11.1 Å². The van der Waals surface area contributed by atoms with Gasteiger partial charge in [0.2, 0.25) is 10.0 Å². The summed E-state index contributed by atoms with van der Waals surface area (Å²) < 4.78 is 39.1. The Morgan fingerprint density at radius 3 is 2.25 bits per heavy atom. The van der Waals surface area contributed by atoms with Crippen LogP contribution in [-0.4, -0.2) is 25.8 Å². The third kappa shape index (κ3) is 2.72. The zero-order valence-corrected chi connectivity index (χ0v) is 11.8. The van der Waals surface area contributed by atoms with E-state index in [1.165, 1.54) is 13.8 Å². The van der Waals surface area contributed by atoms with Crippen LogP contribution in [0, 0.1) is 42.3 Å². The lowest BCUT2D eigenvalue weighted by atomic mass is 10.1. The molecule has 0 amide bonds. The van der Waals surface area contributed by atoms with Gasteiger partial charge in [0.05, 0.1) is 22.7 Å². The van der Waals surface area contributed by atoms with Crippen LogP contribution < -0.4 is 5.73 Å². The molecule has 1 aromatic carbocycles. The Kier molecular flexibility index (Phi) is 4.66. The first-order valence-corrected chi connectivity index (χ1v) is 7.00. The highest BCUT2D eigenvalue weighted by Crippen LogP contribution is 2.29. The van der Waals surface area contributed by atoms with E-state index in [0.717, 1.165) is 10.4 Å². The first-order chi connectivity index (χ1) is 9.27. The molecule has 20 heavy (non-hydrogen) atoms. The second-order valence-corrected chi connectivity index (χ2v) is 6.01. The number of nitrogen functional groups attached to an aromatic ring is 1. The fourth-order valence-corrected chi connectivity index (χ4v) is 3.52. The molecule has 0 aliphatic carbocycles. The quantitative estimate of drug-likeness (QED) is 0.659. The average molecular weight is 296 g/mol. The molecule has 0 bridgehead atoms. The number of aryl methyl sites for hydroxylation is 1. The molecule has 8 heteroatoms. The average Bonchev–Trinajstić information content (AvgIpc) is 2.35. The van der Waals surface area contributed by atoms with Crippen molar-refractivity contribution in [3.8, 4) is 12.1 Å². The van der Waals surface area contributed by atoms with Crippen LogP contribution in [0.4, 0.5) is 10.1 Å². The number of anilines is 1. The van der Waals surface area contributed by atoms with Gasteiger partial charge >= 0.3 is 0 Å². The molecule has 1 rings (SSSR count). The molecule has 0 aliphatic rings. The van der Waals surface area contributed by atoms with E-state index in [9.17, 15) is 12.8 Å². The summed E-state index contributed by atoms with van der Waals surface area (Å²) in [5.74, 6) is -0.703. The van der Waals surface area contributed by atoms with E-state index in [2.05, 4.69) is 0 Å². The fraction of sp³-hybridized carbons (Fsp3) is 0.333. The molecular weight excluding hydrogens is 283 g/mol. The van der Waals surface area contributed by atoms with E-state index in [1.54, 1.807) is 12.1 Å². The van der Waals surface area contributed by atoms with E-state index in [4.69, 9.17) is 16.3 Å². The molecule has 0 saturated carbocycles. The lowest BCUT2D eigenvalue weighted by molar-refractivity contribution is 0.478. The van der Waals surface area contributed by atoms with Crippen molar-refractivity contribution in [2.24, 2.45) is 0 Å². The SMILES string of the molecule is Cc1cc(F)c(N)c(C)c1S(=O)(=O)N(CC#N)CC#N. The van der Waals surface area contributed by atoms with Gasteiger partial charge in [0, 0.05) is 0 Å². The Morgan fingerprint density at radius 1 is 1.30 bits per heavy atom. The van der Waals surface area contributed by atoms with Gasteiger partial charge < -0.3 is 5.73 Å². The molecule has 0 radical (unpaired) electrons. The number of nitrogens with zero attached hydrogens (tertiary/aromatic N) is 3. The summed E-state index contributed by atoms with van der Waals surface area (Å²) in [6.45, 7) is 1.88. The number of hydrogen-bond donors (Lipinski definition) is 1. The highest BCUT2D eigenvalue weighted by molar-refractivity contribution is 7.89. The highest BCUT2D eigenvalue weighted by Gasteiger charge is 2.29. The predicted octanol–water partition coefficient (Wildman–Crippen LogP) is 1.06. The molecule has 1 aromatic rings. The molecule has 0 atom stereocenters. The molecule has 0 aliphatic heterocycles. The summed E-state index contributed by atoms with van der Waals surface area (Å²) in [6, 6.07) is 4.39. The minimum atomic E-state index is -4.08. The van der Waals surface area contributed by atoms with Gasteiger partial charge in [-0.15, -0.1) is 0 Å². The van der Waals surface area contributed by atoms with Crippen LogP contribution >= 0.6 is 0 Å². The molecule has 0 heterocycles. The molecule has 0 fully saturated rings. The Hall–Kier alpha value is -2.16. The molecule has 0 unspecified atom stereocenters. The largest absolute Gasteiger partial charge is 0.396 e. The summed E-state index contributed by atoms with van der Waals surface area (Å²) in [5.41, 5.74) is 5.50. The van der Waals surface area contributed by atoms with Crippen molar-refractivity contribution in [1.82, 2.24) is 4.31 Å². The normalized spacial score (nSPS) is 11.1. The zero-order chi connectivity index (χ0) is 15.5. The maximum absolute atomic E-state index is 13.5. The molecule has 106 valence electrons. The first-order valence-electron chi connectivity index (χ1n) is 5.56. The molecule has 0 spiro atoms. The van der Waals surface area contributed by atoms with Gasteiger partial charge in [-0.3, -0.25) is 0 Å². The minimum absolute atomic E-state index is 0.0726. The number of halogens is 1. The van der Waals surface area contributed by atoms with Crippen LogP contribution in [0.2, 0.25) is 0 Å². The van der Waals surface area contributed by atoms with Crippen molar-refractivity contribution in [3.63, 3.8) is 0 Å². The predicted molar refractivity (Wildman–Crippen MR) is 70.3 cm³/mol. The first kappa shape index (κ1) is 15.9. The standard InChI is InChI=1S/C12H13FN4O2S/c1-8-7-10(13)11(16)9(2)12(8)20(18,19)17(5-3-14)6-4-15/h7H,5-6,16H2,1-2H3. The van der Waals surface area contributed by atoms with E-state index in [0.29, 0.717) is 0 Å². The Morgan fingerprint density at radius 2 is 1.80 bits per heavy atom. The maximum Gasteiger partial charge on any atom is 0.245 e. The number of nitrogens with two attached hydrogens (primary N) is 1. The molecule has 0 aromatic heterocycles. The zero-order valence-electron chi connectivity index (χ0n) is 11.0. The van der Waals surface area contributed by atoms with Crippen LogP contribution in [0.3, 0.4) is 0 Å². The number of nitriles is 2. The third-order valence-corrected chi connectivity index (χ3v) is 4.88. The summed E-state index contributed by atoms with van der Waals surface area (Å²) in [5, 5.41) is 17.3. The smallest absolute Gasteiger partial charge is 0.245 e. The monoisotopic (exact) mass is 296 g/mol. The fourth-order valence-electron chi connectivity index (χ4n) is 1.84.